The zero-order valence-corrected chi connectivity index (χ0v) is 9.73. The van der Waals surface area contributed by atoms with E-state index in [1.165, 1.54) is 6.07 Å². The van der Waals surface area contributed by atoms with Crippen molar-refractivity contribution in [2.75, 3.05) is 6.26 Å². The largest absolute Gasteiger partial charge is 0.297 e. The number of H-pyrrole nitrogens is 1. The molecule has 0 aromatic carbocycles. The molecule has 0 aliphatic carbocycles. The molecule has 0 bridgehead atoms. The number of nitrogens with zero attached hydrogens (tertiary/aromatic N) is 2. The minimum absolute atomic E-state index is 0.302. The van der Waals surface area contributed by atoms with Gasteiger partial charge in [0.2, 0.25) is 15.0 Å². The summed E-state index contributed by atoms with van der Waals surface area (Å²) in [6.45, 7) is 0. The highest BCUT2D eigenvalue weighted by Gasteiger charge is 2.12. The SMILES string of the molecule is CS(=O)(=O)c1nc(-c2ccncc2)cc(=O)[nH]1. The molecule has 0 aliphatic rings. The predicted molar refractivity (Wildman–Crippen MR) is 61.2 cm³/mol. The number of sulfone groups is 1. The molecule has 0 fully saturated rings. The first-order valence-electron chi connectivity index (χ1n) is 4.68. The van der Waals surface area contributed by atoms with Crippen LogP contribution in [0.4, 0.5) is 0 Å². The quantitative estimate of drug-likeness (QED) is 0.771. The van der Waals surface area contributed by atoms with Crippen molar-refractivity contribution in [3.8, 4) is 11.3 Å². The summed E-state index contributed by atoms with van der Waals surface area (Å²) in [4.78, 5) is 21.3. The average molecular weight is 251 g/mol. The molecular weight excluding hydrogens is 242 g/mol. The van der Waals surface area contributed by atoms with Gasteiger partial charge in [0.25, 0.3) is 5.56 Å². The Morgan fingerprint density at radius 1 is 1.24 bits per heavy atom. The second-order valence-electron chi connectivity index (χ2n) is 3.44. The second-order valence-corrected chi connectivity index (χ2v) is 5.37. The van der Waals surface area contributed by atoms with Crippen molar-refractivity contribution in [1.29, 1.82) is 0 Å². The third kappa shape index (κ3) is 2.56. The van der Waals surface area contributed by atoms with Crippen LogP contribution < -0.4 is 5.56 Å². The molecule has 0 saturated heterocycles. The molecule has 0 spiro atoms. The molecule has 2 aromatic rings. The van der Waals surface area contributed by atoms with Gasteiger partial charge in [-0.15, -0.1) is 0 Å². The molecule has 0 saturated carbocycles. The van der Waals surface area contributed by atoms with Gasteiger partial charge < -0.3 is 0 Å². The van der Waals surface area contributed by atoms with Crippen LogP contribution in [-0.4, -0.2) is 29.6 Å². The highest BCUT2D eigenvalue weighted by atomic mass is 32.2. The lowest BCUT2D eigenvalue weighted by molar-refractivity contribution is 0.592. The number of aromatic amines is 1. The Labute approximate surface area is 97.3 Å². The van der Waals surface area contributed by atoms with E-state index >= 15 is 0 Å². The zero-order chi connectivity index (χ0) is 12.5. The van der Waals surface area contributed by atoms with Gasteiger partial charge in [0.15, 0.2) is 0 Å². The maximum absolute atomic E-state index is 11.4. The molecule has 0 unspecified atom stereocenters. The van der Waals surface area contributed by atoms with Crippen LogP contribution in [0, 0.1) is 0 Å². The van der Waals surface area contributed by atoms with Crippen LogP contribution in [0.1, 0.15) is 0 Å². The summed E-state index contributed by atoms with van der Waals surface area (Å²) in [5.41, 5.74) is 0.430. The topological polar surface area (TPSA) is 92.8 Å². The van der Waals surface area contributed by atoms with Crippen molar-refractivity contribution >= 4 is 9.84 Å². The molecule has 7 heteroatoms. The number of hydrogen-bond acceptors (Lipinski definition) is 5. The summed E-state index contributed by atoms with van der Waals surface area (Å²) in [6, 6.07) is 4.53. The van der Waals surface area contributed by atoms with E-state index in [0.29, 0.717) is 11.3 Å². The maximum Gasteiger partial charge on any atom is 0.252 e. The van der Waals surface area contributed by atoms with Gasteiger partial charge in [-0.3, -0.25) is 14.8 Å². The third-order valence-corrected chi connectivity index (χ3v) is 2.94. The molecular formula is C10H9N3O3S. The molecule has 2 heterocycles. The van der Waals surface area contributed by atoms with Crippen molar-refractivity contribution in [2.45, 2.75) is 5.16 Å². The molecule has 6 nitrogen and oxygen atoms in total. The van der Waals surface area contributed by atoms with Gasteiger partial charge in [-0.2, -0.15) is 0 Å². The molecule has 0 radical (unpaired) electrons. The van der Waals surface area contributed by atoms with Gasteiger partial charge in [-0.1, -0.05) is 0 Å². The molecule has 17 heavy (non-hydrogen) atoms. The minimum Gasteiger partial charge on any atom is -0.297 e. The van der Waals surface area contributed by atoms with Crippen LogP contribution in [0.2, 0.25) is 0 Å². The molecule has 0 atom stereocenters. The smallest absolute Gasteiger partial charge is 0.252 e. The molecule has 1 N–H and O–H groups in total. The lowest BCUT2D eigenvalue weighted by Gasteiger charge is -2.02. The molecule has 0 aliphatic heterocycles. The Morgan fingerprint density at radius 2 is 1.88 bits per heavy atom. The first-order valence-corrected chi connectivity index (χ1v) is 6.58. The summed E-state index contributed by atoms with van der Waals surface area (Å²) in [5.74, 6) is 0. The van der Waals surface area contributed by atoms with Crippen LogP contribution in [0.25, 0.3) is 11.3 Å². The summed E-state index contributed by atoms with van der Waals surface area (Å²) in [5, 5.41) is -0.336. The van der Waals surface area contributed by atoms with E-state index in [2.05, 4.69) is 15.0 Å². The van der Waals surface area contributed by atoms with Gasteiger partial charge in [0.05, 0.1) is 5.69 Å². The third-order valence-electron chi connectivity index (χ3n) is 2.05. The zero-order valence-electron chi connectivity index (χ0n) is 8.91. The van der Waals surface area contributed by atoms with Crippen molar-refractivity contribution in [2.24, 2.45) is 0 Å². The maximum atomic E-state index is 11.4. The van der Waals surface area contributed by atoms with E-state index in [1.807, 2.05) is 0 Å². The van der Waals surface area contributed by atoms with Crippen molar-refractivity contribution < 1.29 is 8.42 Å². The summed E-state index contributed by atoms with van der Waals surface area (Å²) in [7, 11) is -3.54. The summed E-state index contributed by atoms with van der Waals surface area (Å²) < 4.78 is 22.6. The highest BCUT2D eigenvalue weighted by molar-refractivity contribution is 7.90. The van der Waals surface area contributed by atoms with E-state index in [9.17, 15) is 13.2 Å². The van der Waals surface area contributed by atoms with Crippen LogP contribution in [-0.2, 0) is 9.84 Å². The van der Waals surface area contributed by atoms with E-state index < -0.39 is 15.4 Å². The Balaban J connectivity index is 2.66. The van der Waals surface area contributed by atoms with Gasteiger partial charge in [0.1, 0.15) is 0 Å². The van der Waals surface area contributed by atoms with Gasteiger partial charge in [-0.05, 0) is 12.1 Å². The second kappa shape index (κ2) is 4.10. The number of nitrogens with one attached hydrogen (secondary N) is 1. The first-order chi connectivity index (χ1) is 7.97. The normalized spacial score (nSPS) is 11.4. The van der Waals surface area contributed by atoms with Crippen LogP contribution >= 0.6 is 0 Å². The number of pyridine rings is 1. The Kier molecular flexibility index (Phi) is 2.76. The monoisotopic (exact) mass is 251 g/mol. The fourth-order valence-electron chi connectivity index (χ4n) is 1.28. The van der Waals surface area contributed by atoms with E-state index in [0.717, 1.165) is 6.26 Å². The number of rotatable bonds is 2. The van der Waals surface area contributed by atoms with Crippen molar-refractivity contribution in [1.82, 2.24) is 15.0 Å². The van der Waals surface area contributed by atoms with Crippen LogP contribution in [0.5, 0.6) is 0 Å². The Hall–Kier alpha value is -2.02. The minimum atomic E-state index is -3.54. The first kappa shape index (κ1) is 11.5. The standard InChI is InChI=1S/C10H9N3O3S/c1-17(15,16)10-12-8(6-9(14)13-10)7-2-4-11-5-3-7/h2-6H,1H3,(H,12,13,14). The Morgan fingerprint density at radius 3 is 2.47 bits per heavy atom. The average Bonchev–Trinajstić information content (AvgIpc) is 2.28. The van der Waals surface area contributed by atoms with Crippen molar-refractivity contribution in [3.63, 3.8) is 0 Å². The summed E-state index contributed by atoms with van der Waals surface area (Å²) >= 11 is 0. The predicted octanol–water partition coefficient (Wildman–Crippen LogP) is 0.235. The number of hydrogen-bond donors (Lipinski definition) is 1. The van der Waals surface area contributed by atoms with E-state index in [4.69, 9.17) is 0 Å². The molecule has 2 aromatic heterocycles. The van der Waals surface area contributed by atoms with Gasteiger partial charge in [0, 0.05) is 30.3 Å². The fraction of sp³-hybridized carbons (Fsp3) is 0.100. The fourth-order valence-corrected chi connectivity index (χ4v) is 1.83. The molecule has 88 valence electrons. The number of aromatic nitrogens is 3. The summed E-state index contributed by atoms with van der Waals surface area (Å²) in [6.07, 6.45) is 4.07. The van der Waals surface area contributed by atoms with Gasteiger partial charge >= 0.3 is 0 Å². The lowest BCUT2D eigenvalue weighted by atomic mass is 10.2. The van der Waals surface area contributed by atoms with Crippen LogP contribution in [0.15, 0.2) is 40.5 Å². The molecule has 2 rings (SSSR count). The highest BCUT2D eigenvalue weighted by Crippen LogP contribution is 2.14. The van der Waals surface area contributed by atoms with Crippen LogP contribution in [0.3, 0.4) is 0 Å². The lowest BCUT2D eigenvalue weighted by Crippen LogP contribution is -2.14. The molecule has 0 amide bonds. The Bertz CT molecular complexity index is 692. The van der Waals surface area contributed by atoms with Crippen molar-refractivity contribution in [3.05, 3.63) is 40.9 Å². The van der Waals surface area contributed by atoms with E-state index in [-0.39, 0.29) is 5.16 Å². The van der Waals surface area contributed by atoms with Gasteiger partial charge in [-0.25, -0.2) is 13.4 Å². The van der Waals surface area contributed by atoms with E-state index in [1.54, 1.807) is 24.5 Å².